The smallest absolute Gasteiger partial charge is 0.239 e. The van der Waals surface area contributed by atoms with E-state index in [9.17, 15) is 9.59 Å². The number of nitrogens with one attached hydrogen (secondary N) is 1. The summed E-state index contributed by atoms with van der Waals surface area (Å²) in [7, 11) is 2.13. The fourth-order valence-corrected chi connectivity index (χ4v) is 5.78. The molecule has 3 aliphatic rings. The molecule has 2 aromatic rings. The van der Waals surface area contributed by atoms with Crippen LogP contribution >= 0.6 is 0 Å². The topological polar surface area (TPSA) is 55.9 Å². The Kier molecular flexibility index (Phi) is 6.21. The molecule has 2 fully saturated rings. The summed E-state index contributed by atoms with van der Waals surface area (Å²) in [6, 6.07) is 17.0. The van der Waals surface area contributed by atoms with Crippen molar-refractivity contribution in [2.45, 2.75) is 57.3 Å². The summed E-state index contributed by atoms with van der Waals surface area (Å²) in [5, 5.41) is 3.18. The van der Waals surface area contributed by atoms with Crippen molar-refractivity contribution >= 4 is 17.5 Å². The summed E-state index contributed by atoms with van der Waals surface area (Å²) in [4.78, 5) is 32.7. The largest absolute Gasteiger partial charge is 0.353 e. The van der Waals surface area contributed by atoms with Gasteiger partial charge in [0.15, 0.2) is 0 Å². The fraction of sp³-hybridized carbons (Fsp3) is 0.481. The van der Waals surface area contributed by atoms with E-state index in [0.29, 0.717) is 13.0 Å². The van der Waals surface area contributed by atoms with Crippen LogP contribution in [-0.2, 0) is 22.6 Å². The lowest BCUT2D eigenvalue weighted by atomic mass is 10.0. The molecule has 2 aromatic carbocycles. The van der Waals surface area contributed by atoms with Crippen molar-refractivity contribution in [2.75, 3.05) is 31.6 Å². The number of para-hydroxylation sites is 1. The Morgan fingerprint density at radius 2 is 1.88 bits per heavy atom. The predicted octanol–water partition coefficient (Wildman–Crippen LogP) is 2.74. The van der Waals surface area contributed by atoms with Crippen molar-refractivity contribution in [3.05, 3.63) is 65.2 Å². The Hall–Kier alpha value is -2.70. The van der Waals surface area contributed by atoms with Gasteiger partial charge in [-0.2, -0.15) is 0 Å². The van der Waals surface area contributed by atoms with Gasteiger partial charge in [-0.1, -0.05) is 48.0 Å². The summed E-state index contributed by atoms with van der Waals surface area (Å²) < 4.78 is 0. The Balaban J connectivity index is 1.22. The lowest BCUT2D eigenvalue weighted by Crippen LogP contribution is -2.49. The van der Waals surface area contributed by atoms with Gasteiger partial charge >= 0.3 is 0 Å². The third-order valence-electron chi connectivity index (χ3n) is 7.74. The molecular formula is C27H34N4O2. The van der Waals surface area contributed by atoms with Crippen LogP contribution in [0.25, 0.3) is 0 Å². The van der Waals surface area contributed by atoms with Crippen LogP contribution in [0.1, 0.15) is 36.0 Å². The van der Waals surface area contributed by atoms with Crippen molar-refractivity contribution in [3.63, 3.8) is 0 Å². The van der Waals surface area contributed by atoms with Gasteiger partial charge in [0.2, 0.25) is 11.8 Å². The number of nitrogens with zero attached hydrogens (tertiary/aromatic N) is 3. The van der Waals surface area contributed by atoms with Crippen LogP contribution in [0.5, 0.6) is 0 Å². The van der Waals surface area contributed by atoms with E-state index in [1.807, 2.05) is 23.1 Å². The van der Waals surface area contributed by atoms with Crippen LogP contribution < -0.4 is 10.2 Å². The van der Waals surface area contributed by atoms with E-state index in [1.54, 1.807) is 0 Å². The van der Waals surface area contributed by atoms with E-state index >= 15 is 0 Å². The van der Waals surface area contributed by atoms with E-state index < -0.39 is 0 Å². The molecule has 0 saturated carbocycles. The van der Waals surface area contributed by atoms with Gasteiger partial charge in [0, 0.05) is 50.4 Å². The van der Waals surface area contributed by atoms with Crippen LogP contribution in [0.15, 0.2) is 48.5 Å². The minimum Gasteiger partial charge on any atom is -0.353 e. The lowest BCUT2D eigenvalue weighted by Gasteiger charge is -2.33. The second-order valence-electron chi connectivity index (χ2n) is 9.78. The summed E-state index contributed by atoms with van der Waals surface area (Å²) >= 11 is 0. The fourth-order valence-electron chi connectivity index (χ4n) is 5.78. The molecule has 0 spiro atoms. The van der Waals surface area contributed by atoms with Crippen molar-refractivity contribution in [1.82, 2.24) is 15.1 Å². The molecule has 2 amide bonds. The normalized spacial score (nSPS) is 25.5. The molecule has 3 heterocycles. The minimum atomic E-state index is -0.137. The van der Waals surface area contributed by atoms with Crippen LogP contribution in [0.2, 0.25) is 0 Å². The second-order valence-corrected chi connectivity index (χ2v) is 9.78. The van der Waals surface area contributed by atoms with Gasteiger partial charge in [-0.3, -0.25) is 19.4 Å². The van der Waals surface area contributed by atoms with E-state index in [1.165, 1.54) is 16.7 Å². The van der Waals surface area contributed by atoms with E-state index in [-0.39, 0.29) is 29.9 Å². The molecule has 33 heavy (non-hydrogen) atoms. The predicted molar refractivity (Wildman–Crippen MR) is 130 cm³/mol. The van der Waals surface area contributed by atoms with Gasteiger partial charge in [-0.25, -0.2) is 0 Å². The van der Waals surface area contributed by atoms with E-state index in [0.717, 1.165) is 44.6 Å². The van der Waals surface area contributed by atoms with Gasteiger partial charge in [-0.15, -0.1) is 0 Å². The summed E-state index contributed by atoms with van der Waals surface area (Å²) in [6.07, 6.45) is 3.17. The first-order valence-electron chi connectivity index (χ1n) is 12.2. The van der Waals surface area contributed by atoms with Crippen LogP contribution in [0.3, 0.4) is 0 Å². The highest BCUT2D eigenvalue weighted by Gasteiger charge is 2.45. The third-order valence-corrected chi connectivity index (χ3v) is 7.74. The summed E-state index contributed by atoms with van der Waals surface area (Å²) in [5.74, 6) is 0.312. The quantitative estimate of drug-likeness (QED) is 0.768. The molecule has 0 aliphatic carbocycles. The standard InChI is InChI=1S/C27H34N4O2/c1-19-7-9-20(10-8-19)18-30-15-14-24-26(30)27(33)28-17-22(29(24)2)11-12-25(32)31-16-13-21-5-3-4-6-23(21)31/h3-10,22,24,26H,11-18H2,1-2H3,(H,28,33)/t22-,24-,26-/m0/s1. The number of fused-ring (bicyclic) bond motifs is 2. The Morgan fingerprint density at radius 3 is 2.70 bits per heavy atom. The zero-order valence-corrected chi connectivity index (χ0v) is 19.7. The number of hydrogen-bond donors (Lipinski definition) is 1. The van der Waals surface area contributed by atoms with Crippen LogP contribution in [-0.4, -0.2) is 66.4 Å². The molecule has 1 N–H and O–H groups in total. The number of carbonyl (C=O) groups excluding carboxylic acids is 2. The first kappa shape index (κ1) is 22.1. The zero-order valence-electron chi connectivity index (χ0n) is 19.7. The number of rotatable bonds is 5. The number of hydrogen-bond acceptors (Lipinski definition) is 4. The van der Waals surface area contributed by atoms with Crippen LogP contribution in [0.4, 0.5) is 5.69 Å². The Bertz CT molecular complexity index is 1020. The third kappa shape index (κ3) is 4.42. The van der Waals surface area contributed by atoms with Gasteiger partial charge in [0.25, 0.3) is 0 Å². The van der Waals surface area contributed by atoms with Crippen molar-refractivity contribution in [2.24, 2.45) is 0 Å². The summed E-state index contributed by atoms with van der Waals surface area (Å²) in [6.45, 7) is 5.17. The molecule has 3 atom stereocenters. The molecule has 0 aromatic heterocycles. The number of benzene rings is 2. The van der Waals surface area contributed by atoms with Crippen LogP contribution in [0, 0.1) is 6.92 Å². The highest BCUT2D eigenvalue weighted by atomic mass is 16.2. The maximum atomic E-state index is 13.1. The van der Waals surface area contributed by atoms with Gasteiger partial charge < -0.3 is 10.2 Å². The van der Waals surface area contributed by atoms with Crippen molar-refractivity contribution in [1.29, 1.82) is 0 Å². The number of likely N-dealkylation sites (N-methyl/N-ethyl adjacent to an activating group) is 1. The number of carbonyl (C=O) groups is 2. The second kappa shape index (κ2) is 9.27. The molecule has 6 heteroatoms. The van der Waals surface area contributed by atoms with Gasteiger partial charge in [0.1, 0.15) is 6.04 Å². The number of anilines is 1. The van der Waals surface area contributed by atoms with E-state index in [4.69, 9.17) is 0 Å². The molecule has 5 rings (SSSR count). The van der Waals surface area contributed by atoms with Crippen molar-refractivity contribution in [3.8, 4) is 0 Å². The number of amides is 2. The Morgan fingerprint density at radius 1 is 1.09 bits per heavy atom. The van der Waals surface area contributed by atoms with Crippen molar-refractivity contribution < 1.29 is 9.59 Å². The lowest BCUT2D eigenvalue weighted by molar-refractivity contribution is -0.126. The minimum absolute atomic E-state index is 0.124. The maximum absolute atomic E-state index is 13.1. The molecule has 0 unspecified atom stereocenters. The van der Waals surface area contributed by atoms with E-state index in [2.05, 4.69) is 59.4 Å². The SMILES string of the molecule is Cc1ccc(CN2CC[C@H]3[C@H]2C(=O)NC[C@H](CCC(=O)N2CCc4ccccc42)N3C)cc1. The molecule has 0 bridgehead atoms. The molecule has 3 aliphatic heterocycles. The molecule has 6 nitrogen and oxygen atoms in total. The average molecular weight is 447 g/mol. The monoisotopic (exact) mass is 446 g/mol. The van der Waals surface area contributed by atoms with Gasteiger partial charge in [0.05, 0.1) is 0 Å². The molecular weight excluding hydrogens is 412 g/mol. The molecule has 174 valence electrons. The number of likely N-dealkylation sites (tertiary alicyclic amines) is 1. The summed E-state index contributed by atoms with van der Waals surface area (Å²) in [5.41, 5.74) is 4.81. The first-order chi connectivity index (χ1) is 16.0. The maximum Gasteiger partial charge on any atom is 0.239 e. The highest BCUT2D eigenvalue weighted by molar-refractivity contribution is 5.95. The zero-order chi connectivity index (χ0) is 22.9. The van der Waals surface area contributed by atoms with Gasteiger partial charge in [-0.05, 0) is 50.4 Å². The Labute approximate surface area is 196 Å². The number of aryl methyl sites for hydroxylation is 1. The average Bonchev–Trinajstić information content (AvgIpc) is 3.41. The highest BCUT2D eigenvalue weighted by Crippen LogP contribution is 2.30. The molecule has 0 radical (unpaired) electrons. The molecule has 2 saturated heterocycles. The first-order valence-corrected chi connectivity index (χ1v) is 12.2.